The lowest BCUT2D eigenvalue weighted by Gasteiger charge is -2.40. The molecule has 0 radical (unpaired) electrons. The summed E-state index contributed by atoms with van der Waals surface area (Å²) in [5.41, 5.74) is 3.30. The lowest BCUT2D eigenvalue weighted by molar-refractivity contribution is 0.0827. The minimum absolute atomic E-state index is 0.0252. The molecule has 1 fully saturated rings. The molecule has 1 aliphatic heterocycles. The standard InChI is InChI=1S/C25H34N4O/c1-5-20-18-29(16-15-23(20)21-9-7-6-8-10-21)25(26-2)27-17-19-11-13-22(14-12-19)24(30)28(3)4/h6-14,20,23H,5,15-18H2,1-4H3,(H,26,27). The Morgan fingerprint density at radius 1 is 1.13 bits per heavy atom. The maximum atomic E-state index is 12.0. The topological polar surface area (TPSA) is 47.9 Å². The summed E-state index contributed by atoms with van der Waals surface area (Å²) in [6.07, 6.45) is 2.30. The van der Waals surface area contributed by atoms with Crippen molar-refractivity contribution in [2.45, 2.75) is 32.2 Å². The molecule has 5 heteroatoms. The van der Waals surface area contributed by atoms with E-state index in [4.69, 9.17) is 0 Å². The van der Waals surface area contributed by atoms with Crippen molar-refractivity contribution < 1.29 is 4.79 Å². The van der Waals surface area contributed by atoms with Gasteiger partial charge >= 0.3 is 0 Å². The van der Waals surface area contributed by atoms with Gasteiger partial charge in [0.25, 0.3) is 5.91 Å². The lowest BCUT2D eigenvalue weighted by Crippen LogP contribution is -2.48. The molecule has 2 aromatic carbocycles. The van der Waals surface area contributed by atoms with Crippen molar-refractivity contribution in [3.63, 3.8) is 0 Å². The molecule has 0 spiro atoms. The Bertz CT molecular complexity index is 845. The van der Waals surface area contributed by atoms with Crippen LogP contribution in [-0.2, 0) is 6.54 Å². The molecule has 2 aromatic rings. The second-order valence-corrected chi connectivity index (χ2v) is 8.22. The predicted octanol–water partition coefficient (Wildman–Crippen LogP) is 3.98. The number of hydrogen-bond acceptors (Lipinski definition) is 2. The zero-order valence-corrected chi connectivity index (χ0v) is 18.6. The number of rotatable bonds is 5. The summed E-state index contributed by atoms with van der Waals surface area (Å²) in [7, 11) is 5.39. The number of guanidine groups is 1. The molecule has 30 heavy (non-hydrogen) atoms. The third kappa shape index (κ3) is 5.21. The molecule has 1 heterocycles. The van der Waals surface area contributed by atoms with Crippen LogP contribution < -0.4 is 5.32 Å². The number of carbonyl (C=O) groups is 1. The largest absolute Gasteiger partial charge is 0.352 e. The lowest BCUT2D eigenvalue weighted by atomic mass is 9.79. The fourth-order valence-corrected chi connectivity index (χ4v) is 4.31. The quantitative estimate of drug-likeness (QED) is 0.604. The Morgan fingerprint density at radius 3 is 2.43 bits per heavy atom. The summed E-state index contributed by atoms with van der Waals surface area (Å²) >= 11 is 0. The van der Waals surface area contributed by atoms with Crippen molar-refractivity contribution >= 4 is 11.9 Å². The van der Waals surface area contributed by atoms with Crippen molar-refractivity contribution in [3.05, 3.63) is 71.3 Å². The van der Waals surface area contributed by atoms with E-state index in [9.17, 15) is 4.79 Å². The van der Waals surface area contributed by atoms with E-state index >= 15 is 0 Å². The maximum Gasteiger partial charge on any atom is 0.253 e. The first-order chi connectivity index (χ1) is 14.5. The minimum Gasteiger partial charge on any atom is -0.352 e. The number of nitrogens with one attached hydrogen (secondary N) is 1. The minimum atomic E-state index is 0.0252. The number of carbonyl (C=O) groups excluding carboxylic acids is 1. The van der Waals surface area contributed by atoms with Crippen LogP contribution in [0.5, 0.6) is 0 Å². The molecular formula is C25H34N4O. The smallest absolute Gasteiger partial charge is 0.253 e. The number of amides is 1. The molecule has 2 unspecified atom stereocenters. The van der Waals surface area contributed by atoms with Crippen LogP contribution in [0, 0.1) is 5.92 Å². The maximum absolute atomic E-state index is 12.0. The first kappa shape index (κ1) is 21.9. The van der Waals surface area contributed by atoms with Gasteiger partial charge < -0.3 is 15.1 Å². The van der Waals surface area contributed by atoms with Crippen LogP contribution in [0.1, 0.15) is 47.2 Å². The van der Waals surface area contributed by atoms with Gasteiger partial charge in [-0.05, 0) is 41.5 Å². The zero-order chi connectivity index (χ0) is 21.5. The van der Waals surface area contributed by atoms with Crippen LogP contribution in [0.15, 0.2) is 59.6 Å². The highest BCUT2D eigenvalue weighted by Gasteiger charge is 2.30. The second-order valence-electron chi connectivity index (χ2n) is 8.22. The van der Waals surface area contributed by atoms with Gasteiger partial charge in [-0.3, -0.25) is 9.79 Å². The van der Waals surface area contributed by atoms with Gasteiger partial charge in [-0.15, -0.1) is 0 Å². The van der Waals surface area contributed by atoms with Gasteiger partial charge in [-0.1, -0.05) is 55.8 Å². The molecule has 160 valence electrons. The van der Waals surface area contributed by atoms with E-state index in [-0.39, 0.29) is 5.91 Å². The van der Waals surface area contributed by atoms with Crippen LogP contribution >= 0.6 is 0 Å². The van der Waals surface area contributed by atoms with Gasteiger partial charge in [0, 0.05) is 46.3 Å². The number of likely N-dealkylation sites (tertiary alicyclic amines) is 1. The van der Waals surface area contributed by atoms with Crippen LogP contribution in [0.3, 0.4) is 0 Å². The van der Waals surface area contributed by atoms with Crippen LogP contribution in [-0.4, -0.2) is 55.9 Å². The van der Waals surface area contributed by atoms with E-state index in [1.54, 1.807) is 19.0 Å². The molecule has 0 bridgehead atoms. The number of aliphatic imine (C=N–C) groups is 1. The first-order valence-corrected chi connectivity index (χ1v) is 10.8. The highest BCUT2D eigenvalue weighted by atomic mass is 16.2. The van der Waals surface area contributed by atoms with Crippen molar-refractivity contribution in [2.75, 3.05) is 34.2 Å². The van der Waals surface area contributed by atoms with Crippen molar-refractivity contribution in [3.8, 4) is 0 Å². The van der Waals surface area contributed by atoms with Crippen LogP contribution in [0.2, 0.25) is 0 Å². The fourth-order valence-electron chi connectivity index (χ4n) is 4.31. The molecule has 0 aliphatic carbocycles. The Hall–Kier alpha value is -2.82. The molecule has 5 nitrogen and oxygen atoms in total. The van der Waals surface area contributed by atoms with Crippen molar-refractivity contribution in [2.24, 2.45) is 10.9 Å². The summed E-state index contributed by atoms with van der Waals surface area (Å²) in [6, 6.07) is 18.7. The Kier molecular flexibility index (Phi) is 7.50. The summed E-state index contributed by atoms with van der Waals surface area (Å²) in [6.45, 7) is 5.01. The predicted molar refractivity (Wildman–Crippen MR) is 124 cm³/mol. The van der Waals surface area contributed by atoms with Crippen LogP contribution in [0.25, 0.3) is 0 Å². The van der Waals surface area contributed by atoms with E-state index in [2.05, 4.69) is 52.5 Å². The Labute approximate surface area is 180 Å². The Balaban J connectivity index is 1.60. The van der Waals surface area contributed by atoms with Crippen molar-refractivity contribution in [1.29, 1.82) is 0 Å². The average Bonchev–Trinajstić information content (AvgIpc) is 2.79. The average molecular weight is 407 g/mol. The molecular weight excluding hydrogens is 372 g/mol. The molecule has 1 amide bonds. The summed E-state index contributed by atoms with van der Waals surface area (Å²) in [5, 5.41) is 3.51. The van der Waals surface area contributed by atoms with Gasteiger partial charge in [0.2, 0.25) is 0 Å². The highest BCUT2D eigenvalue weighted by Crippen LogP contribution is 2.34. The van der Waals surface area contributed by atoms with Crippen molar-refractivity contribution in [1.82, 2.24) is 15.1 Å². The van der Waals surface area contributed by atoms with Gasteiger partial charge in [-0.2, -0.15) is 0 Å². The number of hydrogen-bond donors (Lipinski definition) is 1. The molecule has 0 saturated carbocycles. The van der Waals surface area contributed by atoms with E-state index in [1.807, 2.05) is 31.3 Å². The van der Waals surface area contributed by atoms with Gasteiger partial charge in [0.05, 0.1) is 0 Å². The second kappa shape index (κ2) is 10.3. The SMILES string of the molecule is CCC1CN(C(=NC)NCc2ccc(C(=O)N(C)C)cc2)CCC1c1ccccc1. The van der Waals surface area contributed by atoms with E-state index in [0.29, 0.717) is 23.9 Å². The third-order valence-electron chi connectivity index (χ3n) is 6.06. The molecule has 3 rings (SSSR count). The van der Waals surface area contributed by atoms with Gasteiger partial charge in [0.1, 0.15) is 0 Å². The normalized spacial score (nSPS) is 19.5. The Morgan fingerprint density at radius 2 is 1.83 bits per heavy atom. The van der Waals surface area contributed by atoms with E-state index < -0.39 is 0 Å². The number of benzene rings is 2. The van der Waals surface area contributed by atoms with Crippen LogP contribution in [0.4, 0.5) is 0 Å². The fraction of sp³-hybridized carbons (Fsp3) is 0.440. The molecule has 1 N–H and O–H groups in total. The monoisotopic (exact) mass is 406 g/mol. The molecule has 1 aliphatic rings. The molecule has 1 saturated heterocycles. The third-order valence-corrected chi connectivity index (χ3v) is 6.06. The molecule has 2 atom stereocenters. The van der Waals surface area contributed by atoms with E-state index in [0.717, 1.165) is 37.5 Å². The number of nitrogens with zero attached hydrogens (tertiary/aromatic N) is 3. The van der Waals surface area contributed by atoms with Gasteiger partial charge in [-0.25, -0.2) is 0 Å². The summed E-state index contributed by atoms with van der Waals surface area (Å²) in [4.78, 5) is 20.6. The summed E-state index contributed by atoms with van der Waals surface area (Å²) in [5.74, 6) is 2.22. The first-order valence-electron chi connectivity index (χ1n) is 10.8. The van der Waals surface area contributed by atoms with E-state index in [1.165, 1.54) is 5.56 Å². The highest BCUT2D eigenvalue weighted by molar-refractivity contribution is 5.93. The molecule has 0 aromatic heterocycles. The van der Waals surface area contributed by atoms with Gasteiger partial charge in [0.15, 0.2) is 5.96 Å². The number of piperidine rings is 1. The zero-order valence-electron chi connectivity index (χ0n) is 18.6. The summed E-state index contributed by atoms with van der Waals surface area (Å²) < 4.78 is 0.